The molecule has 0 aliphatic carbocycles. The lowest BCUT2D eigenvalue weighted by atomic mass is 10.1. The van der Waals surface area contributed by atoms with E-state index in [4.69, 9.17) is 26.6 Å². The summed E-state index contributed by atoms with van der Waals surface area (Å²) >= 11 is 9.69. The summed E-state index contributed by atoms with van der Waals surface area (Å²) in [6.07, 6.45) is 0. The first-order valence-corrected chi connectivity index (χ1v) is 32.7. The van der Waals surface area contributed by atoms with Gasteiger partial charge in [-0.1, -0.05) is 109 Å². The average Bonchev–Trinajstić information content (AvgIpc) is 3.70. The normalized spacial score (nSPS) is 11.5. The van der Waals surface area contributed by atoms with Gasteiger partial charge in [0.25, 0.3) is 26.0 Å². The van der Waals surface area contributed by atoms with Crippen molar-refractivity contribution in [3.05, 3.63) is 255 Å². The van der Waals surface area contributed by atoms with Gasteiger partial charge in [-0.2, -0.15) is 0 Å². The van der Waals surface area contributed by atoms with E-state index in [1.807, 2.05) is 60.7 Å². The molecule has 23 heteroatoms. The van der Waals surface area contributed by atoms with E-state index in [1.54, 1.807) is 108 Å². The van der Waals surface area contributed by atoms with E-state index in [1.165, 1.54) is 68.8 Å². The third kappa shape index (κ3) is 19.3. The number of carbonyl (C=O) groups is 2. The minimum Gasteiger partial charge on any atom is -0.497 e. The molecule has 1 N–H and O–H groups in total. The van der Waals surface area contributed by atoms with Gasteiger partial charge in [0.05, 0.1) is 28.9 Å². The number of halogens is 2. The van der Waals surface area contributed by atoms with Crippen LogP contribution >= 0.6 is 35.1 Å². The summed E-state index contributed by atoms with van der Waals surface area (Å²) in [5.41, 5.74) is 11.9. The molecular formula is C61H58ClFN6O10S5. The summed E-state index contributed by atoms with van der Waals surface area (Å²) in [6.45, 7) is 3.05. The molecule has 0 saturated heterocycles. The Balaban J connectivity index is 0.000000245. The number of hydrogen-bond donors (Lipinski definition) is 1. The van der Waals surface area contributed by atoms with Gasteiger partial charge in [-0.05, 0) is 119 Å². The molecule has 0 aliphatic heterocycles. The zero-order valence-corrected chi connectivity index (χ0v) is 50.4. The van der Waals surface area contributed by atoms with Crippen LogP contribution in [0.2, 0.25) is 5.02 Å². The quantitative estimate of drug-likeness (QED) is 0.0166. The van der Waals surface area contributed by atoms with Crippen molar-refractivity contribution in [2.75, 3.05) is 44.6 Å². The summed E-state index contributed by atoms with van der Waals surface area (Å²) in [6, 6.07) is 56.2. The van der Waals surface area contributed by atoms with Crippen molar-refractivity contribution in [1.29, 1.82) is 0 Å². The predicted octanol–water partition coefficient (Wildman–Crippen LogP) is 12.5. The summed E-state index contributed by atoms with van der Waals surface area (Å²) in [5.74, 6) is -0.0494. The summed E-state index contributed by atoms with van der Waals surface area (Å²) < 4.78 is 106. The van der Waals surface area contributed by atoms with Gasteiger partial charge >= 0.3 is 0 Å². The Bertz CT molecular complexity index is 3850. The Kier molecular flexibility index (Phi) is 23.5. The number of azide groups is 1. The Labute approximate surface area is 502 Å². The minimum absolute atomic E-state index is 0.0196. The zero-order valence-electron chi connectivity index (χ0n) is 45.5. The second-order valence-electron chi connectivity index (χ2n) is 18.6. The van der Waals surface area contributed by atoms with E-state index in [9.17, 15) is 39.2 Å². The average molecular weight is 1250 g/mol. The molecule has 0 spiro atoms. The van der Waals surface area contributed by atoms with Crippen molar-refractivity contribution in [2.45, 2.75) is 50.7 Å². The van der Waals surface area contributed by atoms with E-state index >= 15 is 0 Å². The second-order valence-corrected chi connectivity index (χ2v) is 26.6. The van der Waals surface area contributed by atoms with Crippen LogP contribution in [0, 0.1) is 5.82 Å². The van der Waals surface area contributed by atoms with E-state index in [-0.39, 0.29) is 31.6 Å². The molecule has 436 valence electrons. The van der Waals surface area contributed by atoms with Gasteiger partial charge in [0.2, 0.25) is 0 Å². The molecule has 1 amide bonds. The number of methoxy groups -OCH3 is 2. The molecule has 8 rings (SSSR count). The third-order valence-corrected chi connectivity index (χ3v) is 19.1. The van der Waals surface area contributed by atoms with Crippen molar-refractivity contribution in [2.24, 2.45) is 4.52 Å². The molecule has 0 heterocycles. The maximum absolute atomic E-state index is 14.5. The lowest BCUT2D eigenvalue weighted by molar-refractivity contribution is 0.0979. The molecule has 8 aromatic carbocycles. The van der Waals surface area contributed by atoms with Crippen molar-refractivity contribution in [3.63, 3.8) is 0 Å². The fourth-order valence-electron chi connectivity index (χ4n) is 8.30. The van der Waals surface area contributed by atoms with Crippen LogP contribution in [0.5, 0.6) is 11.5 Å². The fourth-order valence-corrected chi connectivity index (χ4v) is 13.3. The number of thioether (sulfide) groups is 2. The van der Waals surface area contributed by atoms with Gasteiger partial charge in [-0.15, -0.1) is 23.5 Å². The molecule has 0 aromatic heterocycles. The predicted molar refractivity (Wildman–Crippen MR) is 327 cm³/mol. The van der Waals surface area contributed by atoms with Crippen molar-refractivity contribution in [3.8, 4) is 11.5 Å². The van der Waals surface area contributed by atoms with E-state index in [0.717, 1.165) is 38.0 Å². The SMILES string of the molecule is COc1cc(OC)cc(C(=O)CS(=O)(=O)c2ccc(CN(CCSc3ccccc3)Cc3ccc(S(=O)(=O)N=[N+]=[N-])cc3)cc2)c1.O=C(NS(=O)(=O)c1ccc(CN(CCSc2ccccc2)Cc2c(F)cccc2Cl)cc1)c1ccccc1. The minimum atomic E-state index is -4.09. The molecular weight excluding hydrogens is 1190 g/mol. The monoisotopic (exact) mass is 1250 g/mol. The number of sulfone groups is 1. The fraction of sp³-hybridized carbons (Fsp3) is 0.180. The van der Waals surface area contributed by atoms with Gasteiger partial charge in [0.15, 0.2) is 15.6 Å². The smallest absolute Gasteiger partial charge is 0.264 e. The number of hydrogen-bond acceptors (Lipinski definition) is 14. The molecule has 16 nitrogen and oxygen atoms in total. The van der Waals surface area contributed by atoms with Crippen LogP contribution < -0.4 is 14.2 Å². The highest BCUT2D eigenvalue weighted by molar-refractivity contribution is 7.99. The Hall–Kier alpha value is -7.50. The number of amides is 1. The van der Waals surface area contributed by atoms with Crippen LogP contribution in [0.25, 0.3) is 10.4 Å². The lowest BCUT2D eigenvalue weighted by Crippen LogP contribution is -2.30. The van der Waals surface area contributed by atoms with Crippen LogP contribution in [0.3, 0.4) is 0 Å². The van der Waals surface area contributed by atoms with Crippen LogP contribution in [0.15, 0.2) is 229 Å². The first-order valence-electron chi connectivity index (χ1n) is 25.8. The standard InChI is InChI=1S/C32H32N4O7S3.C29H26ClFN2O3S2/c1-42-27-18-26(19-28(20-27)43-2)32(37)23-45(38,39)30-12-8-24(9-13-30)21-36(16-17-44-29-6-4-3-5-7-29)22-25-10-14-31(15-11-25)46(40,41)35-34-33;30-27-12-7-13-28(31)26(27)21-33(18-19-37-24-10-5-2-6-11-24)20-22-14-16-25(17-15-22)38(35,36)32-29(34)23-8-3-1-4-9-23/h3-15,18-20H,16-17,21-23H2,1-2H3;1-17H,18-21H2,(H,32,34). The highest BCUT2D eigenvalue weighted by Crippen LogP contribution is 2.27. The molecule has 84 heavy (non-hydrogen) atoms. The molecule has 0 saturated carbocycles. The number of Topliss-reactive ketones (excluding diaryl/α,β-unsaturated/α-hetero) is 1. The first kappa shape index (κ1) is 64.1. The molecule has 0 fully saturated rings. The Morgan fingerprint density at radius 1 is 0.571 bits per heavy atom. The van der Waals surface area contributed by atoms with Crippen molar-refractivity contribution < 1.29 is 48.7 Å². The van der Waals surface area contributed by atoms with Crippen LogP contribution in [-0.2, 0) is 56.1 Å². The number of rotatable bonds is 27. The second kappa shape index (κ2) is 30.9. The topological polar surface area (TPSA) is 222 Å². The van der Waals surface area contributed by atoms with Gasteiger partial charge < -0.3 is 9.47 Å². The van der Waals surface area contributed by atoms with Gasteiger partial charge in [-0.25, -0.2) is 34.4 Å². The molecule has 0 atom stereocenters. The summed E-state index contributed by atoms with van der Waals surface area (Å²) in [5, 5.41) is 0.362. The van der Waals surface area contributed by atoms with Crippen molar-refractivity contribution in [1.82, 2.24) is 14.5 Å². The molecule has 0 radical (unpaired) electrons. The maximum Gasteiger partial charge on any atom is 0.264 e. The number of nitrogens with one attached hydrogen (secondary N) is 1. The Morgan fingerprint density at radius 3 is 1.49 bits per heavy atom. The first-order chi connectivity index (χ1) is 40.3. The maximum atomic E-state index is 14.5. The highest BCUT2D eigenvalue weighted by atomic mass is 35.5. The molecule has 8 aromatic rings. The lowest BCUT2D eigenvalue weighted by Gasteiger charge is -2.23. The van der Waals surface area contributed by atoms with Crippen LogP contribution in [0.1, 0.15) is 43.0 Å². The van der Waals surface area contributed by atoms with E-state index in [0.29, 0.717) is 61.4 Å². The third-order valence-electron chi connectivity index (χ3n) is 12.6. The van der Waals surface area contributed by atoms with E-state index in [2.05, 4.69) is 24.0 Å². The Morgan fingerprint density at radius 2 is 1.02 bits per heavy atom. The largest absolute Gasteiger partial charge is 0.497 e. The summed E-state index contributed by atoms with van der Waals surface area (Å²) in [7, 11) is -9.17. The van der Waals surface area contributed by atoms with Gasteiger partial charge in [-0.3, -0.25) is 19.4 Å². The van der Waals surface area contributed by atoms with Crippen LogP contribution in [-0.4, -0.2) is 91.3 Å². The summed E-state index contributed by atoms with van der Waals surface area (Å²) in [4.78, 5) is 34.1. The number of sulfonamides is 2. The number of benzene rings is 8. The number of nitrogens with zero attached hydrogens (tertiary/aromatic N) is 5. The molecule has 0 aliphatic rings. The van der Waals surface area contributed by atoms with Crippen LogP contribution in [0.4, 0.5) is 4.39 Å². The molecule has 0 bridgehead atoms. The van der Waals surface area contributed by atoms with Gasteiger partial charge in [0.1, 0.15) is 23.1 Å². The van der Waals surface area contributed by atoms with Gasteiger partial charge in [0, 0.05) is 97.8 Å². The highest BCUT2D eigenvalue weighted by Gasteiger charge is 2.23. The van der Waals surface area contributed by atoms with Crippen molar-refractivity contribution >= 4 is 76.7 Å². The number of ether oxygens (including phenoxy) is 2. The number of carbonyl (C=O) groups excluding carboxylic acids is 2. The zero-order chi connectivity index (χ0) is 60.1. The molecule has 0 unspecified atom stereocenters. The van der Waals surface area contributed by atoms with E-state index < -0.39 is 47.3 Å². The number of ketones is 1.